The second-order valence-electron chi connectivity index (χ2n) is 3.92. The van der Waals surface area contributed by atoms with E-state index in [1.807, 2.05) is 0 Å². The molecule has 0 saturated heterocycles. The van der Waals surface area contributed by atoms with Crippen molar-refractivity contribution >= 4 is 19.9 Å². The fourth-order valence-electron chi connectivity index (χ4n) is 1.51. The Balaban J connectivity index is 1.94. The van der Waals surface area contributed by atoms with Crippen LogP contribution in [-0.4, -0.2) is 24.9 Å². The molecule has 0 unspecified atom stereocenters. The number of benzene rings is 2. The van der Waals surface area contributed by atoms with E-state index in [0.717, 1.165) is 0 Å². The second-order valence-corrected chi connectivity index (χ2v) is 3.92. The molecular weight excluding hydrogens is 259 g/mol. The normalized spacial score (nSPS) is 9.65. The van der Waals surface area contributed by atoms with Crippen LogP contribution in [0.2, 0.25) is 0 Å². The molecule has 5 nitrogen and oxygen atoms in total. The molecule has 0 fully saturated rings. The van der Waals surface area contributed by atoms with E-state index in [1.165, 1.54) is 0 Å². The van der Waals surface area contributed by atoms with Gasteiger partial charge in [0.2, 0.25) is 0 Å². The number of hydrogen-bond acceptors (Lipinski definition) is 5. The minimum Gasteiger partial charge on any atom is -0.501 e. The summed E-state index contributed by atoms with van der Waals surface area (Å²) in [6.45, 7) is 0. The smallest absolute Gasteiger partial charge is 0.501 e. The van der Waals surface area contributed by atoms with E-state index in [0.29, 0.717) is 35.2 Å². The molecular formula is C14H11BO5. The first kappa shape index (κ1) is 13.8. The van der Waals surface area contributed by atoms with Crippen molar-refractivity contribution in [2.24, 2.45) is 0 Å². The van der Waals surface area contributed by atoms with Gasteiger partial charge in [0.15, 0.2) is 0 Å². The Morgan fingerprint density at radius 3 is 1.40 bits per heavy atom. The van der Waals surface area contributed by atoms with Gasteiger partial charge in [-0.1, -0.05) is 0 Å². The van der Waals surface area contributed by atoms with Gasteiger partial charge in [-0.25, -0.2) is 0 Å². The van der Waals surface area contributed by atoms with Crippen LogP contribution in [0, 0.1) is 0 Å². The Morgan fingerprint density at radius 1 is 0.750 bits per heavy atom. The molecule has 0 saturated carbocycles. The third-order valence-corrected chi connectivity index (χ3v) is 2.51. The minimum atomic E-state index is -1.49. The first-order valence-corrected chi connectivity index (χ1v) is 5.83. The molecule has 0 radical (unpaired) electrons. The molecule has 0 atom stereocenters. The predicted octanol–water partition coefficient (Wildman–Crippen LogP) is 1.75. The van der Waals surface area contributed by atoms with Gasteiger partial charge in [0.25, 0.3) is 0 Å². The summed E-state index contributed by atoms with van der Waals surface area (Å²) < 4.78 is 10.2. The van der Waals surface area contributed by atoms with E-state index in [1.54, 1.807) is 48.5 Å². The summed E-state index contributed by atoms with van der Waals surface area (Å²) in [4.78, 5) is 21.0. The zero-order valence-corrected chi connectivity index (χ0v) is 10.4. The average molecular weight is 270 g/mol. The molecule has 1 N–H and O–H groups in total. The van der Waals surface area contributed by atoms with Crippen molar-refractivity contribution in [2.75, 3.05) is 0 Å². The highest BCUT2D eigenvalue weighted by Crippen LogP contribution is 2.15. The summed E-state index contributed by atoms with van der Waals surface area (Å²) in [5.41, 5.74) is 1.02. The number of hydrogen-bond donors (Lipinski definition) is 1. The molecule has 2 aromatic rings. The van der Waals surface area contributed by atoms with Gasteiger partial charge in [-0.15, -0.1) is 0 Å². The van der Waals surface area contributed by atoms with Crippen LogP contribution in [0.1, 0.15) is 20.7 Å². The quantitative estimate of drug-likeness (QED) is 0.639. The van der Waals surface area contributed by atoms with E-state index in [-0.39, 0.29) is 0 Å². The van der Waals surface area contributed by atoms with Crippen molar-refractivity contribution < 1.29 is 23.9 Å². The van der Waals surface area contributed by atoms with Crippen LogP contribution in [-0.2, 0) is 0 Å². The van der Waals surface area contributed by atoms with Crippen molar-refractivity contribution in [2.45, 2.75) is 0 Å². The van der Waals surface area contributed by atoms with Crippen molar-refractivity contribution in [3.8, 4) is 11.5 Å². The van der Waals surface area contributed by atoms with Gasteiger partial charge in [0.1, 0.15) is 24.1 Å². The first-order chi connectivity index (χ1) is 9.71. The maximum atomic E-state index is 10.5. The topological polar surface area (TPSA) is 72.8 Å². The Kier molecular flexibility index (Phi) is 4.52. The fourth-order valence-corrected chi connectivity index (χ4v) is 1.51. The molecule has 0 aromatic heterocycles. The maximum absolute atomic E-state index is 10.5. The standard InChI is InChI=1S/C14H11BO5/c16-9-11-1-5-13(6-2-11)19-15(18)20-14-7-3-12(10-17)4-8-14/h1-10,18H. The van der Waals surface area contributed by atoms with Crippen LogP contribution in [0.15, 0.2) is 48.5 Å². The molecule has 0 bridgehead atoms. The van der Waals surface area contributed by atoms with Crippen LogP contribution >= 0.6 is 0 Å². The lowest BCUT2D eigenvalue weighted by molar-refractivity contribution is 0.111. The maximum Gasteiger partial charge on any atom is 0.785 e. The summed E-state index contributed by atoms with van der Waals surface area (Å²) in [6.07, 6.45) is 1.43. The third-order valence-electron chi connectivity index (χ3n) is 2.51. The van der Waals surface area contributed by atoms with Gasteiger partial charge in [-0.3, -0.25) is 9.59 Å². The van der Waals surface area contributed by atoms with Crippen LogP contribution in [0.3, 0.4) is 0 Å². The van der Waals surface area contributed by atoms with Gasteiger partial charge in [-0.2, -0.15) is 0 Å². The summed E-state index contributed by atoms with van der Waals surface area (Å²) in [5.74, 6) is 0.736. The van der Waals surface area contributed by atoms with Gasteiger partial charge >= 0.3 is 7.32 Å². The molecule has 0 aliphatic carbocycles. The Bertz CT molecular complexity index is 526. The Hall–Kier alpha value is -2.60. The highest BCUT2D eigenvalue weighted by atomic mass is 16.7. The highest BCUT2D eigenvalue weighted by molar-refractivity contribution is 6.36. The molecule has 0 aliphatic rings. The SMILES string of the molecule is O=Cc1ccc(OB(O)Oc2ccc(C=O)cc2)cc1. The Morgan fingerprint density at radius 2 is 1.10 bits per heavy atom. The lowest BCUT2D eigenvalue weighted by Crippen LogP contribution is -2.29. The van der Waals surface area contributed by atoms with Crippen LogP contribution in [0.5, 0.6) is 11.5 Å². The molecule has 0 amide bonds. The van der Waals surface area contributed by atoms with Crippen LogP contribution in [0.4, 0.5) is 0 Å². The molecule has 0 heterocycles. The van der Waals surface area contributed by atoms with Gasteiger partial charge in [-0.05, 0) is 48.5 Å². The molecule has 2 rings (SSSR count). The molecule has 2 aromatic carbocycles. The van der Waals surface area contributed by atoms with Crippen molar-refractivity contribution in [3.63, 3.8) is 0 Å². The summed E-state index contributed by atoms with van der Waals surface area (Å²) >= 11 is 0. The van der Waals surface area contributed by atoms with Crippen LogP contribution < -0.4 is 9.31 Å². The van der Waals surface area contributed by atoms with E-state index in [2.05, 4.69) is 0 Å². The van der Waals surface area contributed by atoms with Crippen molar-refractivity contribution in [1.82, 2.24) is 0 Å². The molecule has 0 aliphatic heterocycles. The Labute approximate surface area is 115 Å². The zero-order chi connectivity index (χ0) is 14.4. The first-order valence-electron chi connectivity index (χ1n) is 5.83. The largest absolute Gasteiger partial charge is 0.785 e. The minimum absolute atomic E-state index is 0.368. The number of carbonyl (C=O) groups excluding carboxylic acids is 2. The summed E-state index contributed by atoms with van der Waals surface area (Å²) in [6, 6.07) is 12.4. The van der Waals surface area contributed by atoms with E-state index in [4.69, 9.17) is 9.31 Å². The zero-order valence-electron chi connectivity index (χ0n) is 10.4. The lowest BCUT2D eigenvalue weighted by Gasteiger charge is -2.11. The lowest BCUT2D eigenvalue weighted by atomic mass is 10.2. The molecule has 100 valence electrons. The van der Waals surface area contributed by atoms with Gasteiger partial charge in [0.05, 0.1) is 0 Å². The molecule has 20 heavy (non-hydrogen) atoms. The predicted molar refractivity (Wildman–Crippen MR) is 72.9 cm³/mol. The molecule has 0 spiro atoms. The van der Waals surface area contributed by atoms with E-state index < -0.39 is 7.32 Å². The number of carbonyl (C=O) groups is 2. The monoisotopic (exact) mass is 270 g/mol. The van der Waals surface area contributed by atoms with Crippen molar-refractivity contribution in [1.29, 1.82) is 0 Å². The van der Waals surface area contributed by atoms with Crippen molar-refractivity contribution in [3.05, 3.63) is 59.7 Å². The molecule has 6 heteroatoms. The van der Waals surface area contributed by atoms with E-state index in [9.17, 15) is 14.6 Å². The highest BCUT2D eigenvalue weighted by Gasteiger charge is 2.21. The third kappa shape index (κ3) is 3.70. The summed E-state index contributed by atoms with van der Waals surface area (Å²) in [7, 11) is -1.49. The van der Waals surface area contributed by atoms with Gasteiger partial charge < -0.3 is 14.3 Å². The van der Waals surface area contributed by atoms with E-state index >= 15 is 0 Å². The van der Waals surface area contributed by atoms with Crippen LogP contribution in [0.25, 0.3) is 0 Å². The number of rotatable bonds is 6. The second kappa shape index (κ2) is 6.54. The average Bonchev–Trinajstić information content (AvgIpc) is 2.49. The fraction of sp³-hybridized carbons (Fsp3) is 0. The number of aldehydes is 2. The summed E-state index contributed by atoms with van der Waals surface area (Å²) in [5, 5.41) is 9.63. The van der Waals surface area contributed by atoms with Gasteiger partial charge in [0, 0.05) is 11.1 Å².